The first-order valence-electron chi connectivity index (χ1n) is 10.4. The Morgan fingerprint density at radius 3 is 2.69 bits per heavy atom. The van der Waals surface area contributed by atoms with E-state index in [0.717, 1.165) is 60.7 Å². The van der Waals surface area contributed by atoms with Gasteiger partial charge >= 0.3 is 6.36 Å². The molecule has 1 atom stereocenters. The van der Waals surface area contributed by atoms with E-state index in [9.17, 15) is 18.0 Å². The zero-order valence-electron chi connectivity index (χ0n) is 17.0. The molecular formula is C22H20F3N5O2. The van der Waals surface area contributed by atoms with Crippen LogP contribution in [0.15, 0.2) is 42.7 Å². The Balaban J connectivity index is 1.35. The van der Waals surface area contributed by atoms with Gasteiger partial charge in [0, 0.05) is 47.7 Å². The van der Waals surface area contributed by atoms with Gasteiger partial charge in [0.25, 0.3) is 5.91 Å². The zero-order chi connectivity index (χ0) is 22.3. The molecule has 10 heteroatoms. The molecule has 1 saturated carbocycles. The molecule has 0 radical (unpaired) electrons. The number of hydrogen-bond donors (Lipinski definition) is 1. The van der Waals surface area contributed by atoms with Crippen molar-refractivity contribution in [3.05, 3.63) is 59.7 Å². The smallest absolute Gasteiger partial charge is 0.388 e. The van der Waals surface area contributed by atoms with E-state index < -0.39 is 18.1 Å². The predicted molar refractivity (Wildman–Crippen MR) is 108 cm³/mol. The summed E-state index contributed by atoms with van der Waals surface area (Å²) in [7, 11) is 0. The molecule has 0 aromatic carbocycles. The number of carbonyl (C=O) groups excluding carboxylic acids is 1. The summed E-state index contributed by atoms with van der Waals surface area (Å²) in [6, 6.07) is 7.97. The van der Waals surface area contributed by atoms with Crippen LogP contribution >= 0.6 is 0 Å². The van der Waals surface area contributed by atoms with E-state index in [2.05, 4.69) is 26.1 Å². The van der Waals surface area contributed by atoms with Gasteiger partial charge < -0.3 is 10.1 Å². The van der Waals surface area contributed by atoms with E-state index in [1.807, 2.05) is 16.8 Å². The lowest BCUT2D eigenvalue weighted by Crippen LogP contribution is -2.32. The number of hydrogen-bond acceptors (Lipinski definition) is 5. The van der Waals surface area contributed by atoms with Gasteiger partial charge in [0.15, 0.2) is 0 Å². The maximum Gasteiger partial charge on any atom is 0.574 e. The van der Waals surface area contributed by atoms with Crippen molar-refractivity contribution in [3.63, 3.8) is 0 Å². The van der Waals surface area contributed by atoms with E-state index in [0.29, 0.717) is 12.3 Å². The molecule has 3 aromatic rings. The molecule has 4 heterocycles. The molecular weight excluding hydrogens is 423 g/mol. The minimum Gasteiger partial charge on any atom is -0.388 e. The second-order valence-corrected chi connectivity index (χ2v) is 8.02. The molecule has 1 fully saturated rings. The first kappa shape index (κ1) is 20.5. The number of aromatic nitrogens is 4. The van der Waals surface area contributed by atoms with E-state index >= 15 is 0 Å². The average molecular weight is 443 g/mol. The van der Waals surface area contributed by atoms with Gasteiger partial charge in [0.2, 0.25) is 5.88 Å². The van der Waals surface area contributed by atoms with Crippen molar-refractivity contribution in [3.8, 4) is 17.1 Å². The Kier molecular flexibility index (Phi) is 5.07. The molecule has 7 nitrogen and oxygen atoms in total. The molecule has 1 aliphatic carbocycles. The van der Waals surface area contributed by atoms with E-state index in [1.165, 1.54) is 6.07 Å². The van der Waals surface area contributed by atoms with Crippen LogP contribution in [0, 0.1) is 0 Å². The first-order valence-corrected chi connectivity index (χ1v) is 10.4. The van der Waals surface area contributed by atoms with Crippen LogP contribution < -0.4 is 10.1 Å². The van der Waals surface area contributed by atoms with E-state index in [4.69, 9.17) is 5.10 Å². The van der Waals surface area contributed by atoms with Crippen LogP contribution in [0.2, 0.25) is 0 Å². The molecule has 32 heavy (non-hydrogen) atoms. The highest BCUT2D eigenvalue weighted by Crippen LogP contribution is 2.40. The van der Waals surface area contributed by atoms with Crippen molar-refractivity contribution in [1.82, 2.24) is 25.1 Å². The third-order valence-electron chi connectivity index (χ3n) is 5.63. The third-order valence-corrected chi connectivity index (χ3v) is 5.63. The summed E-state index contributed by atoms with van der Waals surface area (Å²) < 4.78 is 43.0. The molecule has 3 aromatic heterocycles. The fourth-order valence-corrected chi connectivity index (χ4v) is 3.95. The van der Waals surface area contributed by atoms with Gasteiger partial charge in [-0.2, -0.15) is 5.10 Å². The zero-order valence-corrected chi connectivity index (χ0v) is 17.0. The third kappa shape index (κ3) is 4.44. The summed E-state index contributed by atoms with van der Waals surface area (Å²) in [5.41, 5.74) is 3.78. The Morgan fingerprint density at radius 1 is 1.09 bits per heavy atom. The fourth-order valence-electron chi connectivity index (χ4n) is 3.95. The lowest BCUT2D eigenvalue weighted by atomic mass is 10.0. The Labute approximate surface area is 181 Å². The van der Waals surface area contributed by atoms with Gasteiger partial charge in [0.1, 0.15) is 0 Å². The number of fused-ring (bicyclic) bond motifs is 1. The summed E-state index contributed by atoms with van der Waals surface area (Å²) in [6.45, 7) is 0.737. The van der Waals surface area contributed by atoms with Crippen molar-refractivity contribution in [1.29, 1.82) is 0 Å². The number of carbonyl (C=O) groups is 1. The number of pyridine rings is 2. The highest BCUT2D eigenvalue weighted by atomic mass is 19.4. The van der Waals surface area contributed by atoms with Crippen LogP contribution in [0.25, 0.3) is 11.3 Å². The number of nitrogens with one attached hydrogen (secondary N) is 1. The average Bonchev–Trinajstić information content (AvgIpc) is 3.51. The highest BCUT2D eigenvalue weighted by Gasteiger charge is 2.32. The predicted octanol–water partition coefficient (Wildman–Crippen LogP) is 4.38. The number of alkyl halides is 3. The van der Waals surface area contributed by atoms with Crippen LogP contribution in [-0.2, 0) is 6.54 Å². The van der Waals surface area contributed by atoms with Crippen molar-refractivity contribution < 1.29 is 22.7 Å². The molecule has 166 valence electrons. The van der Waals surface area contributed by atoms with E-state index in [-0.39, 0.29) is 11.6 Å². The number of aryl methyl sites for hydroxylation is 1. The van der Waals surface area contributed by atoms with Gasteiger partial charge in [-0.1, -0.05) is 0 Å². The molecule has 5 rings (SSSR count). The Morgan fingerprint density at radius 2 is 1.91 bits per heavy atom. The fraction of sp³-hybridized carbons (Fsp3) is 0.364. The van der Waals surface area contributed by atoms with E-state index in [1.54, 1.807) is 6.20 Å². The molecule has 1 amide bonds. The normalized spacial score (nSPS) is 18.2. The van der Waals surface area contributed by atoms with Gasteiger partial charge in [-0.3, -0.25) is 14.5 Å². The maximum atomic E-state index is 12.7. The summed E-state index contributed by atoms with van der Waals surface area (Å²) >= 11 is 0. The minimum atomic E-state index is -4.87. The van der Waals surface area contributed by atoms with Crippen molar-refractivity contribution in [2.45, 2.75) is 50.6 Å². The molecule has 0 bridgehead atoms. The van der Waals surface area contributed by atoms with Crippen LogP contribution in [0.1, 0.15) is 59.4 Å². The van der Waals surface area contributed by atoms with Crippen molar-refractivity contribution in [2.75, 3.05) is 0 Å². The van der Waals surface area contributed by atoms with Crippen LogP contribution in [0.5, 0.6) is 5.88 Å². The molecule has 2 aliphatic rings. The van der Waals surface area contributed by atoms with Gasteiger partial charge in [-0.25, -0.2) is 4.98 Å². The first-order chi connectivity index (χ1) is 15.4. The Hall–Kier alpha value is -3.43. The largest absolute Gasteiger partial charge is 0.574 e. The quantitative estimate of drug-likeness (QED) is 0.633. The second kappa shape index (κ2) is 7.92. The molecule has 0 spiro atoms. The standard InChI is InChI=1S/C22H20F3N5O2/c23-22(24,25)32-20-11-15(6-8-27-20)21(31)28-16-2-1-9-30-19(16)12-18(29-30)14-5-7-26-17(10-14)13-3-4-13/h5-8,10-13,16H,1-4,9H2,(H,28,31). The number of amides is 1. The number of rotatable bonds is 5. The van der Waals surface area contributed by atoms with Gasteiger partial charge in [-0.15, -0.1) is 13.2 Å². The Bertz CT molecular complexity index is 1160. The summed E-state index contributed by atoms with van der Waals surface area (Å²) in [4.78, 5) is 20.7. The van der Waals surface area contributed by atoms with Crippen molar-refractivity contribution >= 4 is 5.91 Å². The minimum absolute atomic E-state index is 0.0410. The number of nitrogens with zero attached hydrogens (tertiary/aromatic N) is 4. The van der Waals surface area contributed by atoms with Crippen LogP contribution in [0.3, 0.4) is 0 Å². The summed E-state index contributed by atoms with van der Waals surface area (Å²) in [6.07, 6.45) is 1.88. The summed E-state index contributed by atoms with van der Waals surface area (Å²) in [5, 5.41) is 7.62. The van der Waals surface area contributed by atoms with Gasteiger partial charge in [0.05, 0.1) is 17.4 Å². The van der Waals surface area contributed by atoms with Crippen LogP contribution in [-0.4, -0.2) is 32.0 Å². The molecule has 1 aliphatic heterocycles. The van der Waals surface area contributed by atoms with Crippen molar-refractivity contribution in [2.24, 2.45) is 0 Å². The molecule has 0 saturated heterocycles. The lowest BCUT2D eigenvalue weighted by molar-refractivity contribution is -0.276. The molecule has 1 unspecified atom stereocenters. The summed E-state index contributed by atoms with van der Waals surface area (Å²) in [5.74, 6) is -0.642. The van der Waals surface area contributed by atoms with Gasteiger partial charge in [-0.05, 0) is 49.9 Å². The lowest BCUT2D eigenvalue weighted by Gasteiger charge is -2.24. The monoisotopic (exact) mass is 443 g/mol. The second-order valence-electron chi connectivity index (χ2n) is 8.02. The number of ether oxygens (including phenoxy) is 1. The highest BCUT2D eigenvalue weighted by molar-refractivity contribution is 5.94. The maximum absolute atomic E-state index is 12.7. The van der Waals surface area contributed by atoms with Crippen LogP contribution in [0.4, 0.5) is 13.2 Å². The molecule has 1 N–H and O–H groups in total. The number of halogens is 3. The topological polar surface area (TPSA) is 81.9 Å². The SMILES string of the molecule is O=C(NC1CCCn2nc(-c3ccnc(C4CC4)c3)cc21)c1ccnc(OC(F)(F)F)c1.